The summed E-state index contributed by atoms with van der Waals surface area (Å²) < 4.78 is 6.39. The van der Waals surface area contributed by atoms with Gasteiger partial charge in [0.15, 0.2) is 0 Å². The molecule has 0 aliphatic carbocycles. The van der Waals surface area contributed by atoms with E-state index in [0.29, 0.717) is 26.1 Å². The summed E-state index contributed by atoms with van der Waals surface area (Å²) in [6.07, 6.45) is 1.19. The molecule has 120 valence electrons. The fourth-order valence-electron chi connectivity index (χ4n) is 2.85. The molecule has 1 aromatic rings. The Morgan fingerprint density at radius 2 is 1.86 bits per heavy atom. The van der Waals surface area contributed by atoms with Gasteiger partial charge in [0.1, 0.15) is 0 Å². The number of hydrogen-bond donors (Lipinski definition) is 1. The van der Waals surface area contributed by atoms with Crippen LogP contribution in [-0.2, 0) is 19.7 Å². The first kappa shape index (κ1) is 17.0. The van der Waals surface area contributed by atoms with E-state index >= 15 is 0 Å². The monoisotopic (exact) mass is 369 g/mol. The smallest absolute Gasteiger partial charge is 0.305 e. The van der Waals surface area contributed by atoms with E-state index in [0.717, 1.165) is 10.0 Å². The number of likely N-dealkylation sites (N-methyl/N-ethyl adjacent to an activating group) is 1. The fraction of sp³-hybridized carbons (Fsp3) is 0.500. The predicted octanol–water partition coefficient (Wildman–Crippen LogP) is 2.43. The molecule has 1 heterocycles. The van der Waals surface area contributed by atoms with Crippen LogP contribution in [0, 0.1) is 0 Å². The summed E-state index contributed by atoms with van der Waals surface area (Å²) in [6.45, 7) is 1.29. The van der Waals surface area contributed by atoms with Crippen molar-refractivity contribution in [2.45, 2.75) is 24.7 Å². The summed E-state index contributed by atoms with van der Waals surface area (Å²) in [6, 6.07) is 7.77. The van der Waals surface area contributed by atoms with E-state index in [1.54, 1.807) is 7.05 Å². The van der Waals surface area contributed by atoms with Crippen molar-refractivity contribution in [3.05, 3.63) is 34.3 Å². The molecule has 0 spiro atoms. The van der Waals surface area contributed by atoms with E-state index in [-0.39, 0.29) is 18.9 Å². The normalized spacial score (nSPS) is 17.0. The molecule has 0 radical (unpaired) electrons. The lowest BCUT2D eigenvalue weighted by molar-refractivity contribution is -0.142. The van der Waals surface area contributed by atoms with Crippen LogP contribution >= 0.6 is 15.9 Å². The van der Waals surface area contributed by atoms with Gasteiger partial charge < -0.3 is 14.7 Å². The van der Waals surface area contributed by atoms with E-state index in [4.69, 9.17) is 9.84 Å². The third-order valence-electron chi connectivity index (χ3n) is 4.16. The van der Waals surface area contributed by atoms with Crippen LogP contribution < -0.4 is 0 Å². The molecule has 0 unspecified atom stereocenters. The topological polar surface area (TPSA) is 66.8 Å². The third kappa shape index (κ3) is 3.67. The highest BCUT2D eigenvalue weighted by Gasteiger charge is 2.43. The molecule has 0 atom stereocenters. The van der Waals surface area contributed by atoms with Gasteiger partial charge in [-0.25, -0.2) is 0 Å². The second-order valence-electron chi connectivity index (χ2n) is 5.57. The molecule has 2 rings (SSSR count). The molecular weight excluding hydrogens is 350 g/mol. The highest BCUT2D eigenvalue weighted by molar-refractivity contribution is 9.10. The van der Waals surface area contributed by atoms with Crippen molar-refractivity contribution in [2.75, 3.05) is 26.8 Å². The Morgan fingerprint density at radius 1 is 1.27 bits per heavy atom. The van der Waals surface area contributed by atoms with Crippen molar-refractivity contribution in [1.29, 1.82) is 0 Å². The molecule has 1 fully saturated rings. The minimum atomic E-state index is -0.899. The van der Waals surface area contributed by atoms with E-state index in [1.807, 2.05) is 24.3 Å². The molecule has 1 aliphatic heterocycles. The maximum Gasteiger partial charge on any atom is 0.305 e. The first-order chi connectivity index (χ1) is 10.5. The fourth-order valence-corrected chi connectivity index (χ4v) is 3.11. The van der Waals surface area contributed by atoms with Gasteiger partial charge in [-0.2, -0.15) is 0 Å². The number of hydrogen-bond acceptors (Lipinski definition) is 3. The molecule has 22 heavy (non-hydrogen) atoms. The van der Waals surface area contributed by atoms with E-state index < -0.39 is 11.4 Å². The number of ether oxygens (including phenoxy) is 1. The van der Waals surface area contributed by atoms with Gasteiger partial charge in [-0.15, -0.1) is 0 Å². The molecule has 0 saturated carbocycles. The van der Waals surface area contributed by atoms with Crippen molar-refractivity contribution in [3.8, 4) is 0 Å². The van der Waals surface area contributed by atoms with Gasteiger partial charge in [-0.05, 0) is 30.5 Å². The molecule has 1 N–H and O–H groups in total. The number of nitrogens with zero attached hydrogens (tertiary/aromatic N) is 1. The number of carboxylic acids is 1. The first-order valence-corrected chi connectivity index (χ1v) is 8.06. The third-order valence-corrected chi connectivity index (χ3v) is 4.69. The van der Waals surface area contributed by atoms with Gasteiger partial charge in [0.2, 0.25) is 5.91 Å². The van der Waals surface area contributed by atoms with Crippen LogP contribution in [0.1, 0.15) is 24.8 Å². The van der Waals surface area contributed by atoms with Crippen LogP contribution in [-0.4, -0.2) is 48.7 Å². The van der Waals surface area contributed by atoms with E-state index in [1.165, 1.54) is 4.90 Å². The molecule has 1 amide bonds. The SMILES string of the molecule is CN(CCC(=O)O)C(=O)C1(c2ccc(Br)cc2)CCOCC1. The van der Waals surface area contributed by atoms with Crippen molar-refractivity contribution in [2.24, 2.45) is 0 Å². The van der Waals surface area contributed by atoms with Crippen molar-refractivity contribution < 1.29 is 19.4 Å². The van der Waals surface area contributed by atoms with Gasteiger partial charge in [0.25, 0.3) is 0 Å². The average Bonchev–Trinajstić information content (AvgIpc) is 2.53. The predicted molar refractivity (Wildman–Crippen MR) is 85.8 cm³/mol. The molecule has 6 heteroatoms. The van der Waals surface area contributed by atoms with Crippen LogP contribution in [0.5, 0.6) is 0 Å². The Balaban J connectivity index is 2.26. The number of aliphatic carboxylic acids is 1. The quantitative estimate of drug-likeness (QED) is 0.865. The Labute approximate surface area is 138 Å². The lowest BCUT2D eigenvalue weighted by Gasteiger charge is -2.39. The number of carbonyl (C=O) groups is 2. The zero-order valence-corrected chi connectivity index (χ0v) is 14.1. The van der Waals surface area contributed by atoms with E-state index in [2.05, 4.69) is 15.9 Å². The summed E-state index contributed by atoms with van der Waals surface area (Å²) >= 11 is 3.41. The standard InChI is InChI=1S/C16H20BrNO4/c1-18(9-6-14(19)20)15(21)16(7-10-22-11-8-16)12-2-4-13(17)5-3-12/h2-5H,6-11H2,1H3,(H,19,20). The Bertz CT molecular complexity index is 538. The van der Waals surface area contributed by atoms with Crippen LogP contribution in [0.2, 0.25) is 0 Å². The Morgan fingerprint density at radius 3 is 2.41 bits per heavy atom. The molecule has 5 nitrogen and oxygen atoms in total. The van der Waals surface area contributed by atoms with Gasteiger partial charge in [-0.3, -0.25) is 9.59 Å². The summed E-state index contributed by atoms with van der Waals surface area (Å²) in [7, 11) is 1.67. The lowest BCUT2D eigenvalue weighted by atomic mass is 9.73. The minimum Gasteiger partial charge on any atom is -0.481 e. The second kappa shape index (κ2) is 7.24. The summed E-state index contributed by atoms with van der Waals surface area (Å²) in [4.78, 5) is 25.2. The Kier molecular flexibility index (Phi) is 5.58. The molecular formula is C16H20BrNO4. The first-order valence-electron chi connectivity index (χ1n) is 7.27. The number of carbonyl (C=O) groups excluding carboxylic acids is 1. The number of halogens is 1. The minimum absolute atomic E-state index is 0.0284. The van der Waals surface area contributed by atoms with Crippen LogP contribution in [0.4, 0.5) is 0 Å². The zero-order valence-electron chi connectivity index (χ0n) is 12.5. The van der Waals surface area contributed by atoms with Gasteiger partial charge >= 0.3 is 5.97 Å². The highest BCUT2D eigenvalue weighted by Crippen LogP contribution is 2.37. The van der Waals surface area contributed by atoms with Gasteiger partial charge in [0.05, 0.1) is 11.8 Å². The number of carboxylic acid groups (broad SMARTS) is 1. The summed E-state index contributed by atoms with van der Waals surface area (Å²) in [5, 5.41) is 8.80. The molecule has 1 aliphatic rings. The number of rotatable bonds is 5. The molecule has 0 aromatic heterocycles. The molecule has 1 aromatic carbocycles. The van der Waals surface area contributed by atoms with Crippen LogP contribution in [0.25, 0.3) is 0 Å². The molecule has 0 bridgehead atoms. The van der Waals surface area contributed by atoms with Crippen LogP contribution in [0.3, 0.4) is 0 Å². The second-order valence-corrected chi connectivity index (χ2v) is 6.49. The van der Waals surface area contributed by atoms with Crippen molar-refractivity contribution >= 4 is 27.8 Å². The largest absolute Gasteiger partial charge is 0.481 e. The summed E-state index contributed by atoms with van der Waals surface area (Å²) in [5.74, 6) is -0.927. The van der Waals surface area contributed by atoms with Crippen molar-refractivity contribution in [1.82, 2.24) is 4.90 Å². The number of benzene rings is 1. The van der Waals surface area contributed by atoms with Gasteiger partial charge in [0, 0.05) is 31.3 Å². The average molecular weight is 370 g/mol. The number of amides is 1. The van der Waals surface area contributed by atoms with Crippen molar-refractivity contribution in [3.63, 3.8) is 0 Å². The lowest BCUT2D eigenvalue weighted by Crippen LogP contribution is -2.49. The zero-order chi connectivity index (χ0) is 16.2. The maximum absolute atomic E-state index is 13.0. The Hall–Kier alpha value is -1.40. The summed E-state index contributed by atoms with van der Waals surface area (Å²) in [5.41, 5.74) is 0.345. The van der Waals surface area contributed by atoms with Crippen LogP contribution in [0.15, 0.2) is 28.7 Å². The molecule has 1 saturated heterocycles. The maximum atomic E-state index is 13.0. The van der Waals surface area contributed by atoms with Gasteiger partial charge in [-0.1, -0.05) is 28.1 Å². The van der Waals surface area contributed by atoms with E-state index in [9.17, 15) is 9.59 Å². The highest BCUT2D eigenvalue weighted by atomic mass is 79.9.